The monoisotopic (exact) mass is 203 g/mol. The first-order chi connectivity index (χ1) is 7.33. The molecule has 0 radical (unpaired) electrons. The number of fused-ring (bicyclic) bond motifs is 1. The largest absolute Gasteiger partial charge is 0.368 e. The maximum absolute atomic E-state index is 4.36. The maximum Gasteiger partial charge on any atom is 0.0553 e. The average Bonchev–Trinajstić information content (AvgIpc) is 2.78. The van der Waals surface area contributed by atoms with E-state index >= 15 is 0 Å². The van der Waals surface area contributed by atoms with E-state index in [-0.39, 0.29) is 0 Å². The standard InChI is InChI=1S/C12H17N3/c1-9-2-3-11(6-14-9)15-7-10-4-5-13-12(10)8-15/h2-3,6,10,12-13H,4-5,7-8H2,1H3/t10-,12+/m0/s1. The third kappa shape index (κ3) is 1.61. The Bertz CT molecular complexity index is 334. The highest BCUT2D eigenvalue weighted by molar-refractivity contribution is 5.46. The molecule has 0 unspecified atom stereocenters. The lowest BCUT2D eigenvalue weighted by Crippen LogP contribution is -2.30. The minimum absolute atomic E-state index is 0.714. The summed E-state index contributed by atoms with van der Waals surface area (Å²) in [6.07, 6.45) is 3.33. The molecule has 2 fully saturated rings. The van der Waals surface area contributed by atoms with Gasteiger partial charge in [-0.2, -0.15) is 0 Å². The third-order valence-electron chi connectivity index (χ3n) is 3.62. The number of nitrogens with zero attached hydrogens (tertiary/aromatic N) is 2. The van der Waals surface area contributed by atoms with Gasteiger partial charge in [-0.25, -0.2) is 0 Å². The zero-order valence-electron chi connectivity index (χ0n) is 9.11. The minimum Gasteiger partial charge on any atom is -0.368 e. The summed E-state index contributed by atoms with van der Waals surface area (Å²) in [4.78, 5) is 6.81. The quantitative estimate of drug-likeness (QED) is 0.743. The van der Waals surface area contributed by atoms with Crippen molar-refractivity contribution in [3.05, 3.63) is 24.0 Å². The van der Waals surface area contributed by atoms with Crippen LogP contribution in [0.15, 0.2) is 18.3 Å². The van der Waals surface area contributed by atoms with Crippen LogP contribution in [0.2, 0.25) is 0 Å². The van der Waals surface area contributed by atoms with Crippen molar-refractivity contribution in [1.29, 1.82) is 0 Å². The summed E-state index contributed by atoms with van der Waals surface area (Å²) in [5.41, 5.74) is 2.37. The van der Waals surface area contributed by atoms with Crippen molar-refractivity contribution in [3.8, 4) is 0 Å². The Labute approximate surface area is 90.5 Å². The molecule has 2 aliphatic heterocycles. The first kappa shape index (κ1) is 9.16. The van der Waals surface area contributed by atoms with Crippen LogP contribution in [0.25, 0.3) is 0 Å². The summed E-state index contributed by atoms with van der Waals surface area (Å²) >= 11 is 0. The van der Waals surface area contributed by atoms with Crippen LogP contribution in [-0.2, 0) is 0 Å². The Morgan fingerprint density at radius 2 is 2.33 bits per heavy atom. The number of hydrogen-bond donors (Lipinski definition) is 1. The topological polar surface area (TPSA) is 28.2 Å². The molecule has 3 heteroatoms. The fourth-order valence-corrected chi connectivity index (χ4v) is 2.71. The van der Waals surface area contributed by atoms with Gasteiger partial charge < -0.3 is 10.2 Å². The molecule has 0 saturated carbocycles. The second kappa shape index (κ2) is 3.49. The van der Waals surface area contributed by atoms with E-state index < -0.39 is 0 Å². The SMILES string of the molecule is Cc1ccc(N2C[C@@H]3CCN[C@@H]3C2)cn1. The lowest BCUT2D eigenvalue weighted by molar-refractivity contribution is 0.556. The maximum atomic E-state index is 4.36. The molecule has 1 N–H and O–H groups in total. The summed E-state index contributed by atoms with van der Waals surface area (Å²) < 4.78 is 0. The van der Waals surface area contributed by atoms with Gasteiger partial charge in [0.2, 0.25) is 0 Å². The highest BCUT2D eigenvalue weighted by Gasteiger charge is 2.35. The van der Waals surface area contributed by atoms with Gasteiger partial charge >= 0.3 is 0 Å². The molecule has 0 aromatic carbocycles. The zero-order valence-corrected chi connectivity index (χ0v) is 9.11. The van der Waals surface area contributed by atoms with E-state index in [9.17, 15) is 0 Å². The third-order valence-corrected chi connectivity index (χ3v) is 3.62. The number of aromatic nitrogens is 1. The van der Waals surface area contributed by atoms with Gasteiger partial charge in [0.15, 0.2) is 0 Å². The van der Waals surface area contributed by atoms with Gasteiger partial charge in [-0.1, -0.05) is 0 Å². The van der Waals surface area contributed by atoms with Crippen molar-refractivity contribution in [3.63, 3.8) is 0 Å². The molecule has 2 aliphatic rings. The predicted octanol–water partition coefficient (Wildman–Crippen LogP) is 1.19. The smallest absolute Gasteiger partial charge is 0.0553 e. The van der Waals surface area contributed by atoms with Crippen molar-refractivity contribution >= 4 is 5.69 Å². The van der Waals surface area contributed by atoms with E-state index in [0.717, 1.165) is 18.2 Å². The van der Waals surface area contributed by atoms with Crippen LogP contribution in [0.5, 0.6) is 0 Å². The molecule has 1 aromatic rings. The highest BCUT2D eigenvalue weighted by Crippen LogP contribution is 2.28. The average molecular weight is 203 g/mol. The van der Waals surface area contributed by atoms with Gasteiger partial charge in [0.05, 0.1) is 11.9 Å². The minimum atomic E-state index is 0.714. The molecule has 0 bridgehead atoms. The first-order valence-corrected chi connectivity index (χ1v) is 5.74. The molecular formula is C12H17N3. The van der Waals surface area contributed by atoms with E-state index in [1.807, 2.05) is 13.1 Å². The van der Waals surface area contributed by atoms with E-state index in [4.69, 9.17) is 0 Å². The van der Waals surface area contributed by atoms with E-state index in [0.29, 0.717) is 6.04 Å². The lowest BCUT2D eigenvalue weighted by atomic mass is 10.1. The van der Waals surface area contributed by atoms with Gasteiger partial charge in [-0.15, -0.1) is 0 Å². The Kier molecular flexibility index (Phi) is 2.13. The van der Waals surface area contributed by atoms with Gasteiger partial charge in [-0.3, -0.25) is 4.98 Å². The molecule has 3 heterocycles. The zero-order chi connectivity index (χ0) is 10.3. The van der Waals surface area contributed by atoms with Crippen LogP contribution in [0, 0.1) is 12.8 Å². The fourth-order valence-electron chi connectivity index (χ4n) is 2.71. The lowest BCUT2D eigenvalue weighted by Gasteiger charge is -2.19. The van der Waals surface area contributed by atoms with Crippen molar-refractivity contribution in [2.24, 2.45) is 5.92 Å². The summed E-state index contributed by atoms with van der Waals surface area (Å²) in [7, 11) is 0. The molecule has 2 saturated heterocycles. The number of hydrogen-bond acceptors (Lipinski definition) is 3. The number of anilines is 1. The first-order valence-electron chi connectivity index (χ1n) is 5.74. The van der Waals surface area contributed by atoms with Crippen LogP contribution in [-0.4, -0.2) is 30.7 Å². The molecule has 2 atom stereocenters. The van der Waals surface area contributed by atoms with Crippen LogP contribution in [0.4, 0.5) is 5.69 Å². The molecule has 3 rings (SSSR count). The van der Waals surface area contributed by atoms with Gasteiger partial charge in [0, 0.05) is 24.8 Å². The molecular weight excluding hydrogens is 186 g/mol. The van der Waals surface area contributed by atoms with Crippen molar-refractivity contribution in [2.45, 2.75) is 19.4 Å². The van der Waals surface area contributed by atoms with E-state index in [2.05, 4.69) is 27.3 Å². The van der Waals surface area contributed by atoms with Gasteiger partial charge in [0.1, 0.15) is 0 Å². The molecule has 3 nitrogen and oxygen atoms in total. The number of pyridine rings is 1. The summed E-state index contributed by atoms with van der Waals surface area (Å²) in [6, 6.07) is 4.99. The van der Waals surface area contributed by atoms with Crippen molar-refractivity contribution in [1.82, 2.24) is 10.3 Å². The Balaban J connectivity index is 1.76. The number of rotatable bonds is 1. The molecule has 0 aliphatic carbocycles. The number of aryl methyl sites for hydroxylation is 1. The Hall–Kier alpha value is -1.09. The van der Waals surface area contributed by atoms with E-state index in [1.165, 1.54) is 25.2 Å². The van der Waals surface area contributed by atoms with Crippen LogP contribution in [0.3, 0.4) is 0 Å². The summed E-state index contributed by atoms with van der Waals surface area (Å²) in [5.74, 6) is 0.853. The second-order valence-electron chi connectivity index (χ2n) is 4.67. The molecule has 15 heavy (non-hydrogen) atoms. The molecule has 0 spiro atoms. The second-order valence-corrected chi connectivity index (χ2v) is 4.67. The Morgan fingerprint density at radius 3 is 3.07 bits per heavy atom. The summed E-state index contributed by atoms with van der Waals surface area (Å²) in [5, 5.41) is 3.57. The Morgan fingerprint density at radius 1 is 1.40 bits per heavy atom. The van der Waals surface area contributed by atoms with Crippen LogP contribution < -0.4 is 10.2 Å². The van der Waals surface area contributed by atoms with Crippen LogP contribution in [0.1, 0.15) is 12.1 Å². The van der Waals surface area contributed by atoms with E-state index in [1.54, 1.807) is 0 Å². The predicted molar refractivity (Wildman–Crippen MR) is 61.1 cm³/mol. The normalized spacial score (nSPS) is 29.5. The summed E-state index contributed by atoms with van der Waals surface area (Å²) in [6.45, 7) is 5.58. The van der Waals surface area contributed by atoms with Gasteiger partial charge in [0.25, 0.3) is 0 Å². The molecule has 1 aromatic heterocycles. The molecule has 80 valence electrons. The number of nitrogens with one attached hydrogen (secondary N) is 1. The van der Waals surface area contributed by atoms with Crippen molar-refractivity contribution in [2.75, 3.05) is 24.5 Å². The molecule has 0 amide bonds. The fraction of sp³-hybridized carbons (Fsp3) is 0.583. The van der Waals surface area contributed by atoms with Gasteiger partial charge in [-0.05, 0) is 37.9 Å². The van der Waals surface area contributed by atoms with Crippen LogP contribution >= 0.6 is 0 Å². The van der Waals surface area contributed by atoms with Crippen molar-refractivity contribution < 1.29 is 0 Å². The highest BCUT2D eigenvalue weighted by atomic mass is 15.2.